The molecule has 0 saturated heterocycles. The number of carbonyl (C=O) groups excluding carboxylic acids is 2. The molecule has 4 bridgehead atoms. The molecule has 4 saturated carbocycles. The lowest BCUT2D eigenvalue weighted by Crippen LogP contribution is -2.57. The number of nitrogens with one attached hydrogen (secondary N) is 1. The van der Waals surface area contributed by atoms with Gasteiger partial charge in [-0.1, -0.05) is 18.2 Å². The van der Waals surface area contributed by atoms with Gasteiger partial charge >= 0.3 is 11.8 Å². The van der Waals surface area contributed by atoms with E-state index in [4.69, 9.17) is 5.73 Å². The number of nitrogens with two attached hydrogens (primary N) is 1. The Kier molecular flexibility index (Phi) is 4.99. The van der Waals surface area contributed by atoms with Crippen LogP contribution >= 0.6 is 0 Å². The van der Waals surface area contributed by atoms with E-state index < -0.39 is 11.8 Å². The van der Waals surface area contributed by atoms with Crippen molar-refractivity contribution in [1.29, 1.82) is 0 Å². The number of carbonyl (C=O) groups is 2. The van der Waals surface area contributed by atoms with E-state index >= 15 is 0 Å². The van der Waals surface area contributed by atoms with Crippen LogP contribution in [0.2, 0.25) is 0 Å². The minimum Gasteiger partial charge on any atom is -0.399 e. The highest BCUT2D eigenvalue weighted by Gasteiger charge is 2.53. The number of amides is 2. The molecule has 4 fully saturated rings. The summed E-state index contributed by atoms with van der Waals surface area (Å²) in [6, 6.07) is 16.3. The maximum atomic E-state index is 13.4. The minimum absolute atomic E-state index is 0.00129. The molecule has 3 N–H and O–H groups in total. The van der Waals surface area contributed by atoms with Crippen molar-refractivity contribution in [2.45, 2.75) is 51.5 Å². The van der Waals surface area contributed by atoms with Crippen LogP contribution in [-0.4, -0.2) is 17.9 Å². The molecular weight excluding hydrogens is 386 g/mol. The molecule has 1 atom stereocenters. The van der Waals surface area contributed by atoms with Crippen molar-refractivity contribution in [2.24, 2.45) is 23.2 Å². The molecule has 4 aliphatic carbocycles. The molecule has 0 aliphatic heterocycles. The van der Waals surface area contributed by atoms with Gasteiger partial charge in [0.15, 0.2) is 0 Å². The van der Waals surface area contributed by atoms with E-state index in [2.05, 4.69) is 12.2 Å². The van der Waals surface area contributed by atoms with E-state index in [0.29, 0.717) is 17.1 Å². The van der Waals surface area contributed by atoms with Crippen molar-refractivity contribution < 1.29 is 9.59 Å². The van der Waals surface area contributed by atoms with Crippen molar-refractivity contribution in [3.63, 3.8) is 0 Å². The van der Waals surface area contributed by atoms with E-state index in [1.54, 1.807) is 24.3 Å². The van der Waals surface area contributed by atoms with Crippen LogP contribution in [0.4, 0.5) is 17.1 Å². The second kappa shape index (κ2) is 7.70. The Morgan fingerprint density at radius 1 is 0.903 bits per heavy atom. The van der Waals surface area contributed by atoms with E-state index in [-0.39, 0.29) is 11.5 Å². The topological polar surface area (TPSA) is 75.4 Å². The Hall–Kier alpha value is -2.82. The summed E-state index contributed by atoms with van der Waals surface area (Å²) in [5.41, 5.74) is 7.89. The standard InChI is InChI=1S/C26H31N3O2/c1-17(26-14-18-11-19(15-26)13-20(12-18)16-26)28-24(30)25(31)29(22-5-3-2-4-6-22)23-9-7-21(27)8-10-23/h2-10,17-20H,11-16,27H2,1H3,(H,28,30). The van der Waals surface area contributed by atoms with Crippen LogP contribution in [0.15, 0.2) is 54.6 Å². The van der Waals surface area contributed by atoms with Crippen LogP contribution in [0.5, 0.6) is 0 Å². The van der Waals surface area contributed by atoms with Gasteiger partial charge in [0.1, 0.15) is 0 Å². The molecule has 2 amide bonds. The van der Waals surface area contributed by atoms with Crippen LogP contribution < -0.4 is 16.0 Å². The van der Waals surface area contributed by atoms with Gasteiger partial charge < -0.3 is 11.1 Å². The highest BCUT2D eigenvalue weighted by Crippen LogP contribution is 2.61. The zero-order valence-corrected chi connectivity index (χ0v) is 18.1. The maximum absolute atomic E-state index is 13.4. The third-order valence-electron chi connectivity index (χ3n) is 7.91. The number of anilines is 3. The van der Waals surface area contributed by atoms with Crippen LogP contribution in [0.1, 0.15) is 45.4 Å². The van der Waals surface area contributed by atoms with E-state index in [0.717, 1.165) is 17.8 Å². The molecule has 5 heteroatoms. The molecule has 0 heterocycles. The van der Waals surface area contributed by atoms with Crippen LogP contribution in [-0.2, 0) is 9.59 Å². The van der Waals surface area contributed by atoms with Crippen molar-refractivity contribution in [1.82, 2.24) is 5.32 Å². The third-order valence-corrected chi connectivity index (χ3v) is 7.91. The van der Waals surface area contributed by atoms with Gasteiger partial charge in [-0.05, 0) is 105 Å². The zero-order valence-electron chi connectivity index (χ0n) is 18.1. The zero-order chi connectivity index (χ0) is 21.6. The largest absolute Gasteiger partial charge is 0.399 e. The second-order valence-electron chi connectivity index (χ2n) is 10.0. The van der Waals surface area contributed by atoms with Crippen molar-refractivity contribution in [2.75, 3.05) is 10.6 Å². The van der Waals surface area contributed by atoms with E-state index in [1.165, 1.54) is 43.4 Å². The van der Waals surface area contributed by atoms with Gasteiger partial charge in [-0.2, -0.15) is 0 Å². The SMILES string of the molecule is CC(NC(=O)C(=O)N(c1ccccc1)c1ccc(N)cc1)C12CC3CC(CC(C3)C1)C2. The average Bonchev–Trinajstić information content (AvgIpc) is 2.75. The normalized spacial score (nSPS) is 29.4. The van der Waals surface area contributed by atoms with Gasteiger partial charge in [0.2, 0.25) is 0 Å². The summed E-state index contributed by atoms with van der Waals surface area (Å²) < 4.78 is 0. The molecule has 162 valence electrons. The molecule has 0 aromatic heterocycles. The van der Waals surface area contributed by atoms with Crippen molar-refractivity contribution in [3.8, 4) is 0 Å². The molecule has 0 radical (unpaired) electrons. The summed E-state index contributed by atoms with van der Waals surface area (Å²) in [5, 5.41) is 3.11. The number of nitrogens with zero attached hydrogens (tertiary/aromatic N) is 1. The summed E-state index contributed by atoms with van der Waals surface area (Å²) in [6.45, 7) is 2.11. The van der Waals surface area contributed by atoms with Gasteiger partial charge in [-0.15, -0.1) is 0 Å². The first kappa shape index (κ1) is 20.1. The van der Waals surface area contributed by atoms with Gasteiger partial charge in [0, 0.05) is 23.1 Å². The highest BCUT2D eigenvalue weighted by molar-refractivity contribution is 6.42. The summed E-state index contributed by atoms with van der Waals surface area (Å²) in [6.07, 6.45) is 7.65. The summed E-state index contributed by atoms with van der Waals surface area (Å²) in [7, 11) is 0. The van der Waals surface area contributed by atoms with Crippen LogP contribution in [0.3, 0.4) is 0 Å². The first-order valence-electron chi connectivity index (χ1n) is 11.5. The smallest absolute Gasteiger partial charge is 0.320 e. The van der Waals surface area contributed by atoms with Gasteiger partial charge in [-0.25, -0.2) is 0 Å². The van der Waals surface area contributed by atoms with Crippen LogP contribution in [0.25, 0.3) is 0 Å². The molecule has 0 spiro atoms. The summed E-state index contributed by atoms with van der Waals surface area (Å²) >= 11 is 0. The maximum Gasteiger partial charge on any atom is 0.320 e. The Labute approximate surface area is 184 Å². The Morgan fingerprint density at radius 3 is 1.97 bits per heavy atom. The number of hydrogen-bond donors (Lipinski definition) is 2. The van der Waals surface area contributed by atoms with E-state index in [1.807, 2.05) is 30.3 Å². The molecule has 2 aromatic carbocycles. The molecule has 1 unspecified atom stereocenters. The predicted molar refractivity (Wildman–Crippen MR) is 123 cm³/mol. The van der Waals surface area contributed by atoms with Gasteiger partial charge in [0.05, 0.1) is 0 Å². The van der Waals surface area contributed by atoms with Crippen molar-refractivity contribution >= 4 is 28.9 Å². The molecule has 5 nitrogen and oxygen atoms in total. The highest BCUT2D eigenvalue weighted by atomic mass is 16.2. The fourth-order valence-electron chi connectivity index (χ4n) is 6.81. The molecule has 6 rings (SSSR count). The first-order chi connectivity index (χ1) is 14.9. The molecule has 31 heavy (non-hydrogen) atoms. The van der Waals surface area contributed by atoms with E-state index in [9.17, 15) is 9.59 Å². The predicted octanol–water partition coefficient (Wildman–Crippen LogP) is 4.65. The summed E-state index contributed by atoms with van der Waals surface area (Å²) in [4.78, 5) is 28.0. The van der Waals surface area contributed by atoms with Crippen molar-refractivity contribution in [3.05, 3.63) is 54.6 Å². The lowest BCUT2D eigenvalue weighted by molar-refractivity contribution is -0.139. The number of nitrogen functional groups attached to an aromatic ring is 1. The Balaban J connectivity index is 1.37. The third kappa shape index (κ3) is 3.71. The number of hydrogen-bond acceptors (Lipinski definition) is 3. The van der Waals surface area contributed by atoms with Gasteiger partial charge in [0.25, 0.3) is 0 Å². The monoisotopic (exact) mass is 417 g/mol. The minimum atomic E-state index is -0.562. The fourth-order valence-corrected chi connectivity index (χ4v) is 6.81. The molecule has 4 aliphatic rings. The summed E-state index contributed by atoms with van der Waals surface area (Å²) in [5.74, 6) is 1.31. The Morgan fingerprint density at radius 2 is 1.42 bits per heavy atom. The first-order valence-corrected chi connectivity index (χ1v) is 11.5. The molecular formula is C26H31N3O2. The Bertz CT molecular complexity index is 935. The number of rotatable bonds is 4. The fraction of sp³-hybridized carbons (Fsp3) is 0.462. The lowest BCUT2D eigenvalue weighted by atomic mass is 9.48. The quantitative estimate of drug-likeness (QED) is 0.561. The molecule has 2 aromatic rings. The lowest BCUT2D eigenvalue weighted by Gasteiger charge is -2.59. The van der Waals surface area contributed by atoms with Crippen LogP contribution in [0, 0.1) is 23.2 Å². The number of para-hydroxylation sites is 1. The van der Waals surface area contributed by atoms with Gasteiger partial charge in [-0.3, -0.25) is 14.5 Å². The number of benzene rings is 2. The average molecular weight is 418 g/mol. The second-order valence-corrected chi connectivity index (χ2v) is 10.0.